The molecule has 9 heteroatoms. The summed E-state index contributed by atoms with van der Waals surface area (Å²) in [6, 6.07) is 5.39. The highest BCUT2D eigenvalue weighted by Crippen LogP contribution is 2.29. The quantitative estimate of drug-likeness (QED) is 0.535. The molecule has 1 aromatic carbocycles. The van der Waals surface area contributed by atoms with Crippen molar-refractivity contribution in [2.24, 2.45) is 14.1 Å². The highest BCUT2D eigenvalue weighted by molar-refractivity contribution is 6.32. The zero-order valence-corrected chi connectivity index (χ0v) is 15.4. The Morgan fingerprint density at radius 3 is 2.54 bits per heavy atom. The number of nitrogens with zero attached hydrogens (tertiary/aromatic N) is 5. The predicted molar refractivity (Wildman–Crippen MR) is 98.8 cm³/mol. The highest BCUT2D eigenvalue weighted by atomic mass is 35.5. The van der Waals surface area contributed by atoms with E-state index in [1.165, 1.54) is 11.6 Å². The van der Waals surface area contributed by atoms with Crippen LogP contribution in [-0.4, -0.2) is 30.2 Å². The van der Waals surface area contributed by atoms with Gasteiger partial charge in [0.05, 0.1) is 17.8 Å². The molecule has 0 aliphatic heterocycles. The van der Waals surface area contributed by atoms with Gasteiger partial charge in [-0.3, -0.25) is 22.9 Å². The lowest BCUT2D eigenvalue weighted by Gasteiger charge is -2.09. The molecule has 4 rings (SSSR count). The van der Waals surface area contributed by atoms with E-state index in [0.29, 0.717) is 27.7 Å². The molecule has 8 nitrogen and oxygen atoms in total. The summed E-state index contributed by atoms with van der Waals surface area (Å²) in [6.45, 7) is 1.91. The Hall–Kier alpha value is -3.00. The van der Waals surface area contributed by atoms with Crippen LogP contribution in [0.15, 0.2) is 34.0 Å². The van der Waals surface area contributed by atoms with Gasteiger partial charge in [-0.15, -0.1) is 0 Å². The van der Waals surface area contributed by atoms with E-state index in [1.54, 1.807) is 30.7 Å². The summed E-state index contributed by atoms with van der Waals surface area (Å²) >= 11 is 6.26. The van der Waals surface area contributed by atoms with Crippen LogP contribution in [0.2, 0.25) is 5.02 Å². The standard InChI is InChI=1S/C17H16ClN5O3/c1-9-8-22-13-14(20(2)17(25)21(3)15(13)24)19-16(22)23(9)10-5-6-12(26-4)11(18)7-10/h5-8H,1-4H3. The van der Waals surface area contributed by atoms with Crippen LogP contribution in [0, 0.1) is 6.92 Å². The molecule has 0 bridgehead atoms. The van der Waals surface area contributed by atoms with E-state index in [2.05, 4.69) is 4.98 Å². The van der Waals surface area contributed by atoms with Crippen molar-refractivity contribution in [1.82, 2.24) is 23.1 Å². The first-order chi connectivity index (χ1) is 12.3. The number of hydrogen-bond donors (Lipinski definition) is 0. The Balaban J connectivity index is 2.12. The van der Waals surface area contributed by atoms with Crippen molar-refractivity contribution in [3.05, 3.63) is 56.0 Å². The minimum absolute atomic E-state index is 0.335. The van der Waals surface area contributed by atoms with Crippen molar-refractivity contribution < 1.29 is 4.74 Å². The third-order valence-corrected chi connectivity index (χ3v) is 4.83. The second-order valence-corrected chi connectivity index (χ2v) is 6.49. The molecule has 134 valence electrons. The van der Waals surface area contributed by atoms with Crippen LogP contribution in [0.3, 0.4) is 0 Å². The van der Waals surface area contributed by atoms with Crippen molar-refractivity contribution in [1.29, 1.82) is 0 Å². The van der Waals surface area contributed by atoms with Crippen LogP contribution >= 0.6 is 11.6 Å². The van der Waals surface area contributed by atoms with E-state index in [0.717, 1.165) is 15.9 Å². The van der Waals surface area contributed by atoms with Crippen molar-refractivity contribution >= 4 is 28.5 Å². The number of aromatic nitrogens is 5. The molecule has 0 saturated carbocycles. The van der Waals surface area contributed by atoms with Crippen LogP contribution in [0.4, 0.5) is 0 Å². The summed E-state index contributed by atoms with van der Waals surface area (Å²) < 4.78 is 11.2. The molecule has 0 amide bonds. The molecule has 0 saturated heterocycles. The largest absolute Gasteiger partial charge is 0.495 e. The fourth-order valence-electron chi connectivity index (χ4n) is 3.20. The molecular weight excluding hydrogens is 358 g/mol. The zero-order valence-electron chi connectivity index (χ0n) is 14.6. The minimum Gasteiger partial charge on any atom is -0.495 e. The molecule has 0 unspecified atom stereocenters. The molecule has 0 aliphatic rings. The van der Waals surface area contributed by atoms with Gasteiger partial charge >= 0.3 is 5.69 Å². The molecule has 3 aromatic heterocycles. The fraction of sp³-hybridized carbons (Fsp3) is 0.235. The van der Waals surface area contributed by atoms with E-state index in [-0.39, 0.29) is 5.56 Å². The van der Waals surface area contributed by atoms with Crippen molar-refractivity contribution in [3.63, 3.8) is 0 Å². The van der Waals surface area contributed by atoms with E-state index >= 15 is 0 Å². The van der Waals surface area contributed by atoms with Crippen molar-refractivity contribution in [2.45, 2.75) is 6.92 Å². The van der Waals surface area contributed by atoms with E-state index < -0.39 is 5.69 Å². The molecule has 0 atom stereocenters. The average Bonchev–Trinajstić information content (AvgIpc) is 3.12. The van der Waals surface area contributed by atoms with Gasteiger partial charge in [-0.2, -0.15) is 4.98 Å². The first-order valence-corrected chi connectivity index (χ1v) is 8.23. The smallest absolute Gasteiger partial charge is 0.332 e. The Morgan fingerprint density at radius 1 is 1.15 bits per heavy atom. The lowest BCUT2D eigenvalue weighted by molar-refractivity contribution is 0.415. The molecule has 0 spiro atoms. The lowest BCUT2D eigenvalue weighted by Crippen LogP contribution is -2.37. The van der Waals surface area contributed by atoms with Crippen molar-refractivity contribution in [2.75, 3.05) is 7.11 Å². The topological polar surface area (TPSA) is 75.5 Å². The Kier molecular flexibility index (Phi) is 3.48. The molecule has 0 radical (unpaired) electrons. The summed E-state index contributed by atoms with van der Waals surface area (Å²) in [4.78, 5) is 29.3. The number of halogens is 1. The lowest BCUT2D eigenvalue weighted by atomic mass is 10.3. The van der Waals surface area contributed by atoms with Gasteiger partial charge in [-0.1, -0.05) is 11.6 Å². The molecule has 26 heavy (non-hydrogen) atoms. The second-order valence-electron chi connectivity index (χ2n) is 6.08. The van der Waals surface area contributed by atoms with Gasteiger partial charge in [0.2, 0.25) is 5.78 Å². The second kappa shape index (κ2) is 5.50. The van der Waals surface area contributed by atoms with E-state index in [9.17, 15) is 9.59 Å². The number of methoxy groups -OCH3 is 1. The maximum Gasteiger partial charge on any atom is 0.332 e. The third kappa shape index (κ3) is 2.05. The zero-order chi connectivity index (χ0) is 18.7. The van der Waals surface area contributed by atoms with Gasteiger partial charge in [-0.25, -0.2) is 4.79 Å². The molecule has 3 heterocycles. The normalized spacial score (nSPS) is 11.6. The number of aryl methyl sites for hydroxylation is 2. The van der Waals surface area contributed by atoms with Gasteiger partial charge in [0.15, 0.2) is 11.2 Å². The maximum atomic E-state index is 12.6. The minimum atomic E-state index is -0.418. The van der Waals surface area contributed by atoms with E-state index in [1.807, 2.05) is 23.8 Å². The average molecular weight is 374 g/mol. The first-order valence-electron chi connectivity index (χ1n) is 7.85. The number of rotatable bonds is 2. The number of benzene rings is 1. The van der Waals surface area contributed by atoms with Crippen LogP contribution < -0.4 is 16.0 Å². The SMILES string of the molecule is COc1ccc(-n2c(C)cn3c4c(=O)n(C)c(=O)n(C)c4nc23)cc1Cl. The number of fused-ring (bicyclic) bond motifs is 3. The maximum absolute atomic E-state index is 12.6. The van der Waals surface area contributed by atoms with Gasteiger partial charge in [-0.05, 0) is 25.1 Å². The Morgan fingerprint density at radius 2 is 1.88 bits per heavy atom. The van der Waals surface area contributed by atoms with Gasteiger partial charge in [0, 0.05) is 26.0 Å². The molecular formula is C17H16ClN5O3. The van der Waals surface area contributed by atoms with Gasteiger partial charge < -0.3 is 4.74 Å². The summed E-state index contributed by atoms with van der Waals surface area (Å²) in [5.74, 6) is 1.10. The summed E-state index contributed by atoms with van der Waals surface area (Å²) in [5.41, 5.74) is 1.53. The van der Waals surface area contributed by atoms with E-state index in [4.69, 9.17) is 16.3 Å². The molecule has 0 aliphatic carbocycles. The Bertz CT molecular complexity index is 1310. The van der Waals surface area contributed by atoms with Crippen LogP contribution in [0.25, 0.3) is 22.6 Å². The van der Waals surface area contributed by atoms with Gasteiger partial charge in [0.1, 0.15) is 5.75 Å². The molecule has 0 fully saturated rings. The summed E-state index contributed by atoms with van der Waals surface area (Å²) in [5, 5.41) is 0.468. The van der Waals surface area contributed by atoms with Gasteiger partial charge in [0.25, 0.3) is 5.56 Å². The van der Waals surface area contributed by atoms with Crippen LogP contribution in [-0.2, 0) is 14.1 Å². The predicted octanol–water partition coefficient (Wildman–Crippen LogP) is 1.65. The fourth-order valence-corrected chi connectivity index (χ4v) is 3.45. The first kappa shape index (κ1) is 16.5. The highest BCUT2D eigenvalue weighted by Gasteiger charge is 2.20. The summed E-state index contributed by atoms with van der Waals surface area (Å²) in [7, 11) is 4.60. The monoisotopic (exact) mass is 373 g/mol. The molecule has 4 aromatic rings. The third-order valence-electron chi connectivity index (χ3n) is 4.54. The van der Waals surface area contributed by atoms with Crippen LogP contribution in [0.1, 0.15) is 5.69 Å². The Labute approximate surface area is 152 Å². The molecule has 0 N–H and O–H groups in total. The number of hydrogen-bond acceptors (Lipinski definition) is 4. The summed E-state index contributed by atoms with van der Waals surface area (Å²) in [6.07, 6.45) is 1.81. The number of imidazole rings is 2. The van der Waals surface area contributed by atoms with Crippen LogP contribution in [0.5, 0.6) is 5.75 Å². The van der Waals surface area contributed by atoms with Crippen molar-refractivity contribution in [3.8, 4) is 11.4 Å². The number of ether oxygens (including phenoxy) is 1.